The molecule has 0 saturated heterocycles. The molecule has 6 heteroatoms. The fraction of sp³-hybridized carbons (Fsp3) is 0.316. The summed E-state index contributed by atoms with van der Waals surface area (Å²) in [5.41, 5.74) is 2.45. The Morgan fingerprint density at radius 2 is 2.04 bits per heavy atom. The van der Waals surface area contributed by atoms with Gasteiger partial charge in [-0.3, -0.25) is 4.79 Å². The van der Waals surface area contributed by atoms with Gasteiger partial charge in [0.1, 0.15) is 5.82 Å². The Bertz CT molecular complexity index is 823. The van der Waals surface area contributed by atoms with Crippen LogP contribution < -0.4 is 10.6 Å². The van der Waals surface area contributed by atoms with Crippen molar-refractivity contribution in [2.75, 3.05) is 11.9 Å². The number of hydrogen-bond donors (Lipinski definition) is 2. The van der Waals surface area contributed by atoms with E-state index in [-0.39, 0.29) is 24.1 Å². The third-order valence-corrected chi connectivity index (χ3v) is 5.51. The number of fused-ring (bicyclic) bond motifs is 1. The molecule has 0 bridgehead atoms. The lowest BCUT2D eigenvalue weighted by molar-refractivity contribution is -0.118. The molecule has 0 atom stereocenters. The second-order valence-electron chi connectivity index (χ2n) is 6.54. The number of carbonyl (C=O) groups is 1. The number of anilines is 1. The van der Waals surface area contributed by atoms with E-state index >= 15 is 0 Å². The van der Waals surface area contributed by atoms with Crippen molar-refractivity contribution in [1.29, 1.82) is 0 Å². The van der Waals surface area contributed by atoms with Crippen LogP contribution in [0.5, 0.6) is 0 Å². The molecule has 0 aromatic heterocycles. The summed E-state index contributed by atoms with van der Waals surface area (Å²) < 4.78 is 15.7. The molecule has 1 amide bonds. The maximum Gasteiger partial charge on any atom is 0.235 e. The first-order chi connectivity index (χ1) is 11.6. The predicted molar refractivity (Wildman–Crippen MR) is 103 cm³/mol. The van der Waals surface area contributed by atoms with Crippen LogP contribution >= 0.6 is 28.3 Å². The number of halogens is 3. The maximum atomic E-state index is 14.7. The normalized spacial score (nSPS) is 17.2. The molecule has 1 aliphatic carbocycles. The lowest BCUT2D eigenvalue weighted by Gasteiger charge is -2.21. The van der Waals surface area contributed by atoms with Crippen LogP contribution in [-0.4, -0.2) is 12.5 Å². The summed E-state index contributed by atoms with van der Waals surface area (Å²) in [7, 11) is 0. The van der Waals surface area contributed by atoms with E-state index in [4.69, 9.17) is 0 Å². The zero-order chi connectivity index (χ0) is 16.7. The first-order valence-corrected chi connectivity index (χ1v) is 8.98. The maximum absolute atomic E-state index is 14.7. The first kappa shape index (κ1) is 18.4. The van der Waals surface area contributed by atoms with Crippen molar-refractivity contribution in [3.05, 3.63) is 63.4 Å². The zero-order valence-corrected chi connectivity index (χ0v) is 16.0. The average molecular weight is 426 g/mol. The van der Waals surface area contributed by atoms with E-state index in [2.05, 4.69) is 26.6 Å². The second-order valence-corrected chi connectivity index (χ2v) is 7.45. The Morgan fingerprint density at radius 1 is 1.24 bits per heavy atom. The van der Waals surface area contributed by atoms with E-state index in [0.717, 1.165) is 40.5 Å². The third-order valence-electron chi connectivity index (χ3n) is 5.02. The van der Waals surface area contributed by atoms with Gasteiger partial charge in [-0.05, 0) is 60.7 Å². The van der Waals surface area contributed by atoms with E-state index in [1.165, 1.54) is 0 Å². The van der Waals surface area contributed by atoms with Gasteiger partial charge in [0.05, 0.1) is 11.1 Å². The number of nitrogens with one attached hydrogen (secondary N) is 2. The average Bonchev–Trinajstić information content (AvgIpc) is 3.40. The Morgan fingerprint density at radius 3 is 2.76 bits per heavy atom. The van der Waals surface area contributed by atoms with E-state index < -0.39 is 5.41 Å². The van der Waals surface area contributed by atoms with Crippen LogP contribution in [0.4, 0.5) is 10.1 Å². The summed E-state index contributed by atoms with van der Waals surface area (Å²) >= 11 is 3.45. The molecule has 1 fully saturated rings. The van der Waals surface area contributed by atoms with E-state index in [1.807, 2.05) is 30.3 Å². The second kappa shape index (κ2) is 7.06. The van der Waals surface area contributed by atoms with Crippen LogP contribution in [0.3, 0.4) is 0 Å². The Hall–Kier alpha value is -1.43. The highest BCUT2D eigenvalue weighted by atomic mass is 79.9. The zero-order valence-electron chi connectivity index (χ0n) is 13.6. The molecule has 1 saturated carbocycles. The largest absolute Gasteiger partial charge is 0.323 e. The molecule has 0 unspecified atom stereocenters. The first-order valence-electron chi connectivity index (χ1n) is 8.19. The highest BCUT2D eigenvalue weighted by molar-refractivity contribution is 9.10. The molecule has 2 N–H and O–H groups in total. The fourth-order valence-corrected chi connectivity index (χ4v) is 3.83. The highest BCUT2D eigenvalue weighted by Crippen LogP contribution is 2.49. The Kier molecular flexibility index (Phi) is 5.19. The molecular formula is C19H19BrClFN2O. The summed E-state index contributed by atoms with van der Waals surface area (Å²) in [5.74, 6) is -0.402. The van der Waals surface area contributed by atoms with Crippen molar-refractivity contribution in [3.8, 4) is 0 Å². The minimum absolute atomic E-state index is 0. The Balaban J connectivity index is 0.00000182. The van der Waals surface area contributed by atoms with Crippen molar-refractivity contribution in [2.24, 2.45) is 0 Å². The van der Waals surface area contributed by atoms with Gasteiger partial charge < -0.3 is 10.6 Å². The number of rotatable bonds is 3. The van der Waals surface area contributed by atoms with Crippen LogP contribution in [0, 0.1) is 5.82 Å². The van der Waals surface area contributed by atoms with E-state index in [9.17, 15) is 9.18 Å². The molecule has 0 radical (unpaired) electrons. The molecule has 2 aromatic rings. The topological polar surface area (TPSA) is 41.1 Å². The van der Waals surface area contributed by atoms with Crippen molar-refractivity contribution in [1.82, 2.24) is 5.32 Å². The third kappa shape index (κ3) is 3.33. The van der Waals surface area contributed by atoms with Gasteiger partial charge in [-0.2, -0.15) is 0 Å². The minimum atomic E-state index is -0.520. The summed E-state index contributed by atoms with van der Waals surface area (Å²) in [4.78, 5) is 12.8. The van der Waals surface area contributed by atoms with Crippen LogP contribution in [0.1, 0.15) is 29.5 Å². The SMILES string of the molecule is Cl.O=C(Nc1ccc2c(c1F)CCNC2)C1(c2cccc(Br)c2)CC1. The molecule has 2 aliphatic rings. The van der Waals surface area contributed by atoms with Gasteiger partial charge in [0, 0.05) is 11.0 Å². The molecule has 25 heavy (non-hydrogen) atoms. The van der Waals surface area contributed by atoms with Gasteiger partial charge in [-0.1, -0.05) is 34.1 Å². The van der Waals surface area contributed by atoms with Crippen LogP contribution in [0.2, 0.25) is 0 Å². The van der Waals surface area contributed by atoms with Crippen LogP contribution in [0.15, 0.2) is 40.9 Å². The van der Waals surface area contributed by atoms with E-state index in [0.29, 0.717) is 18.7 Å². The Labute approximate surface area is 160 Å². The van der Waals surface area contributed by atoms with Gasteiger partial charge in [0.15, 0.2) is 0 Å². The predicted octanol–water partition coefficient (Wildman–Crippen LogP) is 4.33. The lowest BCUT2D eigenvalue weighted by atomic mass is 9.94. The molecular weight excluding hydrogens is 407 g/mol. The summed E-state index contributed by atoms with van der Waals surface area (Å²) in [5, 5.41) is 6.06. The minimum Gasteiger partial charge on any atom is -0.323 e. The molecule has 2 aromatic carbocycles. The molecule has 1 aliphatic heterocycles. The molecule has 1 heterocycles. The van der Waals surface area contributed by atoms with Gasteiger partial charge in [-0.25, -0.2) is 4.39 Å². The van der Waals surface area contributed by atoms with Gasteiger partial charge in [-0.15, -0.1) is 12.4 Å². The van der Waals surface area contributed by atoms with Gasteiger partial charge >= 0.3 is 0 Å². The molecule has 132 valence electrons. The van der Waals surface area contributed by atoms with Crippen molar-refractivity contribution >= 4 is 39.9 Å². The summed E-state index contributed by atoms with van der Waals surface area (Å²) in [6, 6.07) is 11.4. The number of hydrogen-bond acceptors (Lipinski definition) is 2. The summed E-state index contributed by atoms with van der Waals surface area (Å²) in [6.45, 7) is 1.45. The monoisotopic (exact) mass is 424 g/mol. The van der Waals surface area contributed by atoms with Gasteiger partial charge in [0.2, 0.25) is 5.91 Å². The number of carbonyl (C=O) groups excluding carboxylic acids is 1. The van der Waals surface area contributed by atoms with E-state index in [1.54, 1.807) is 6.07 Å². The van der Waals surface area contributed by atoms with Gasteiger partial charge in [0.25, 0.3) is 0 Å². The fourth-order valence-electron chi connectivity index (χ4n) is 3.43. The van der Waals surface area contributed by atoms with Crippen molar-refractivity contribution < 1.29 is 9.18 Å². The number of amides is 1. The smallest absolute Gasteiger partial charge is 0.235 e. The van der Waals surface area contributed by atoms with Crippen molar-refractivity contribution in [3.63, 3.8) is 0 Å². The molecule has 4 rings (SSSR count). The van der Waals surface area contributed by atoms with Crippen molar-refractivity contribution in [2.45, 2.75) is 31.2 Å². The summed E-state index contributed by atoms with van der Waals surface area (Å²) in [6.07, 6.45) is 2.25. The highest BCUT2D eigenvalue weighted by Gasteiger charge is 2.51. The molecule has 3 nitrogen and oxygen atoms in total. The quantitative estimate of drug-likeness (QED) is 0.769. The molecule has 0 spiro atoms. The number of benzene rings is 2. The van der Waals surface area contributed by atoms with Crippen LogP contribution in [-0.2, 0) is 23.2 Å². The standard InChI is InChI=1S/C19H18BrFN2O.ClH/c20-14-3-1-2-13(10-14)19(7-8-19)18(24)23-16-5-4-12-11-22-9-6-15(12)17(16)21;/h1-5,10,22H,6-9,11H2,(H,23,24);1H. The van der Waals surface area contributed by atoms with Crippen LogP contribution in [0.25, 0.3) is 0 Å². The lowest BCUT2D eigenvalue weighted by Crippen LogP contribution is -2.29.